The first-order valence-electron chi connectivity index (χ1n) is 6.92. The van der Waals surface area contributed by atoms with Gasteiger partial charge in [-0.15, -0.1) is 0 Å². The van der Waals surface area contributed by atoms with E-state index in [2.05, 4.69) is 10.2 Å². The molecule has 0 aliphatic carbocycles. The highest BCUT2D eigenvalue weighted by Gasteiger charge is 2.11. The summed E-state index contributed by atoms with van der Waals surface area (Å²) < 4.78 is 13.0. The van der Waals surface area contributed by atoms with Crippen LogP contribution in [0.1, 0.15) is 21.5 Å². The average Bonchev–Trinajstić information content (AvgIpc) is 2.45. The Bertz CT molecular complexity index is 673. The van der Waals surface area contributed by atoms with Crippen LogP contribution in [0.2, 0.25) is 5.02 Å². The topological polar surface area (TPSA) is 32.3 Å². The molecule has 0 aliphatic rings. The van der Waals surface area contributed by atoms with Crippen LogP contribution in [-0.4, -0.2) is 24.9 Å². The monoisotopic (exact) mass is 320 g/mol. The minimum absolute atomic E-state index is 0.110. The highest BCUT2D eigenvalue weighted by Crippen LogP contribution is 2.17. The molecule has 3 nitrogen and oxygen atoms in total. The number of carbonyl (C=O) groups excluding carboxylic acids is 1. The Morgan fingerprint density at radius 2 is 1.86 bits per heavy atom. The van der Waals surface area contributed by atoms with Crippen LogP contribution >= 0.6 is 11.6 Å². The van der Waals surface area contributed by atoms with E-state index in [9.17, 15) is 9.18 Å². The first-order chi connectivity index (χ1) is 10.5. The third kappa shape index (κ3) is 4.29. The van der Waals surface area contributed by atoms with Crippen LogP contribution in [0.3, 0.4) is 0 Å². The first kappa shape index (κ1) is 16.5. The van der Waals surface area contributed by atoms with Crippen molar-refractivity contribution in [3.63, 3.8) is 0 Å². The second-order valence-electron chi connectivity index (χ2n) is 5.31. The summed E-state index contributed by atoms with van der Waals surface area (Å²) in [6, 6.07) is 11.7. The maximum atomic E-state index is 13.0. The van der Waals surface area contributed by atoms with Crippen LogP contribution in [0.4, 0.5) is 4.39 Å². The molecule has 0 aliphatic heterocycles. The fourth-order valence-electron chi connectivity index (χ4n) is 2.17. The second kappa shape index (κ2) is 7.38. The Kier molecular flexibility index (Phi) is 5.52. The molecule has 0 heterocycles. The Morgan fingerprint density at radius 1 is 1.18 bits per heavy atom. The van der Waals surface area contributed by atoms with Crippen molar-refractivity contribution in [2.45, 2.75) is 13.1 Å². The molecule has 0 spiro atoms. The maximum Gasteiger partial charge on any atom is 0.253 e. The molecule has 0 atom stereocenters. The third-order valence-corrected chi connectivity index (χ3v) is 3.53. The number of rotatable bonds is 5. The average molecular weight is 321 g/mol. The minimum Gasteiger partial charge on any atom is -0.348 e. The Balaban J connectivity index is 2.08. The van der Waals surface area contributed by atoms with Crippen LogP contribution in [0.15, 0.2) is 42.5 Å². The van der Waals surface area contributed by atoms with E-state index in [1.807, 2.05) is 38.4 Å². The van der Waals surface area contributed by atoms with Crippen molar-refractivity contribution in [3.8, 4) is 0 Å². The van der Waals surface area contributed by atoms with E-state index < -0.39 is 5.82 Å². The van der Waals surface area contributed by atoms with Gasteiger partial charge < -0.3 is 10.2 Å². The number of hydrogen-bond donors (Lipinski definition) is 1. The molecule has 0 radical (unpaired) electrons. The van der Waals surface area contributed by atoms with Gasteiger partial charge in [0.05, 0.1) is 10.6 Å². The molecular formula is C17H18ClFN2O. The third-order valence-electron chi connectivity index (χ3n) is 3.22. The summed E-state index contributed by atoms with van der Waals surface area (Å²) in [6.07, 6.45) is 0. The summed E-state index contributed by atoms with van der Waals surface area (Å²) in [5, 5.41) is 2.94. The van der Waals surface area contributed by atoms with Crippen molar-refractivity contribution in [3.05, 3.63) is 70.0 Å². The van der Waals surface area contributed by atoms with E-state index in [1.165, 1.54) is 12.1 Å². The summed E-state index contributed by atoms with van der Waals surface area (Å²) in [5.41, 5.74) is 2.47. The molecule has 0 aromatic heterocycles. The van der Waals surface area contributed by atoms with Gasteiger partial charge in [-0.25, -0.2) is 4.39 Å². The Labute approximate surface area is 134 Å². The number of halogens is 2. The normalized spacial score (nSPS) is 10.8. The quantitative estimate of drug-likeness (QED) is 0.915. The van der Waals surface area contributed by atoms with Crippen LogP contribution in [0.5, 0.6) is 0 Å². The molecule has 0 fully saturated rings. The lowest BCUT2D eigenvalue weighted by atomic mass is 10.1. The van der Waals surface area contributed by atoms with Crippen LogP contribution < -0.4 is 5.32 Å². The lowest BCUT2D eigenvalue weighted by Crippen LogP contribution is -2.24. The predicted molar refractivity (Wildman–Crippen MR) is 86.4 cm³/mol. The molecular weight excluding hydrogens is 303 g/mol. The summed E-state index contributed by atoms with van der Waals surface area (Å²) >= 11 is 5.90. The van der Waals surface area contributed by atoms with E-state index in [-0.39, 0.29) is 16.5 Å². The highest BCUT2D eigenvalue weighted by atomic mass is 35.5. The number of hydrogen-bond acceptors (Lipinski definition) is 2. The fraction of sp³-hybridized carbons (Fsp3) is 0.235. The number of nitrogens with one attached hydrogen (secondary N) is 1. The first-order valence-corrected chi connectivity index (χ1v) is 7.30. The fourth-order valence-corrected chi connectivity index (χ4v) is 2.42. The lowest BCUT2D eigenvalue weighted by Gasteiger charge is -2.15. The van der Waals surface area contributed by atoms with Gasteiger partial charge in [-0.2, -0.15) is 0 Å². The number of amides is 1. The van der Waals surface area contributed by atoms with Crippen LogP contribution in [0, 0.1) is 5.82 Å². The molecule has 0 bridgehead atoms. The lowest BCUT2D eigenvalue weighted by molar-refractivity contribution is 0.0951. The zero-order chi connectivity index (χ0) is 16.1. The van der Waals surface area contributed by atoms with Crippen molar-refractivity contribution in [1.29, 1.82) is 0 Å². The molecule has 0 saturated carbocycles. The predicted octanol–water partition coefficient (Wildman–Crippen LogP) is 3.47. The Morgan fingerprint density at radius 3 is 2.50 bits per heavy atom. The smallest absolute Gasteiger partial charge is 0.253 e. The van der Waals surface area contributed by atoms with E-state index >= 15 is 0 Å². The van der Waals surface area contributed by atoms with Gasteiger partial charge in [-0.3, -0.25) is 4.79 Å². The summed E-state index contributed by atoms with van der Waals surface area (Å²) in [4.78, 5) is 14.2. The molecule has 5 heteroatoms. The van der Waals surface area contributed by atoms with E-state index in [0.29, 0.717) is 6.54 Å². The van der Waals surface area contributed by atoms with Crippen molar-refractivity contribution in [1.82, 2.24) is 10.2 Å². The molecule has 2 aromatic rings. The Hall–Kier alpha value is -1.91. The highest BCUT2D eigenvalue weighted by molar-refractivity contribution is 6.33. The van der Waals surface area contributed by atoms with Crippen LogP contribution in [0.25, 0.3) is 0 Å². The van der Waals surface area contributed by atoms with Gasteiger partial charge in [-0.05, 0) is 43.4 Å². The summed E-state index contributed by atoms with van der Waals surface area (Å²) in [7, 11) is 3.99. The largest absolute Gasteiger partial charge is 0.348 e. The van der Waals surface area contributed by atoms with Crippen LogP contribution in [-0.2, 0) is 13.1 Å². The van der Waals surface area contributed by atoms with Gasteiger partial charge in [0.1, 0.15) is 5.82 Å². The molecule has 1 amide bonds. The standard InChI is InChI=1S/C17H18ClFN2O/c1-21(2)11-13-6-4-3-5-12(13)10-20-17(22)15-8-7-14(19)9-16(15)18/h3-9H,10-11H2,1-2H3,(H,20,22). The molecule has 22 heavy (non-hydrogen) atoms. The molecule has 2 aromatic carbocycles. The maximum absolute atomic E-state index is 13.0. The van der Waals surface area contributed by atoms with Gasteiger partial charge in [0.2, 0.25) is 0 Å². The van der Waals surface area contributed by atoms with E-state index in [1.54, 1.807) is 0 Å². The van der Waals surface area contributed by atoms with Gasteiger partial charge in [0.25, 0.3) is 5.91 Å². The second-order valence-corrected chi connectivity index (χ2v) is 5.72. The minimum atomic E-state index is -0.460. The SMILES string of the molecule is CN(C)Cc1ccccc1CNC(=O)c1ccc(F)cc1Cl. The van der Waals surface area contributed by atoms with Crippen molar-refractivity contribution < 1.29 is 9.18 Å². The van der Waals surface area contributed by atoms with Gasteiger partial charge in [-0.1, -0.05) is 35.9 Å². The van der Waals surface area contributed by atoms with Gasteiger partial charge in [0, 0.05) is 13.1 Å². The van der Waals surface area contributed by atoms with E-state index in [0.717, 1.165) is 23.7 Å². The zero-order valence-corrected chi connectivity index (χ0v) is 13.3. The zero-order valence-electron chi connectivity index (χ0n) is 12.6. The summed E-state index contributed by atoms with van der Waals surface area (Å²) in [5.74, 6) is -0.775. The number of benzene rings is 2. The molecule has 1 N–H and O–H groups in total. The number of carbonyl (C=O) groups is 1. The van der Waals surface area contributed by atoms with Crippen molar-refractivity contribution >= 4 is 17.5 Å². The molecule has 0 saturated heterocycles. The number of nitrogens with zero attached hydrogens (tertiary/aromatic N) is 1. The van der Waals surface area contributed by atoms with Crippen molar-refractivity contribution in [2.24, 2.45) is 0 Å². The van der Waals surface area contributed by atoms with E-state index in [4.69, 9.17) is 11.6 Å². The van der Waals surface area contributed by atoms with Gasteiger partial charge in [0.15, 0.2) is 0 Å². The molecule has 116 valence electrons. The summed E-state index contributed by atoms with van der Waals surface area (Å²) in [6.45, 7) is 1.19. The molecule has 2 rings (SSSR count). The van der Waals surface area contributed by atoms with Crippen molar-refractivity contribution in [2.75, 3.05) is 14.1 Å². The van der Waals surface area contributed by atoms with Gasteiger partial charge >= 0.3 is 0 Å². The molecule has 0 unspecified atom stereocenters.